The van der Waals surface area contributed by atoms with E-state index in [1.54, 1.807) is 0 Å². The first kappa shape index (κ1) is 12.1. The fraction of sp³-hybridized carbons (Fsp3) is 0.462. The Labute approximate surface area is 109 Å². The van der Waals surface area contributed by atoms with Crippen molar-refractivity contribution in [2.75, 3.05) is 0 Å². The van der Waals surface area contributed by atoms with E-state index in [0.717, 1.165) is 19.3 Å². The Balaban J connectivity index is 1.70. The minimum Gasteiger partial charge on any atom is -0.477 e. The number of carbonyl (C=O) groups excluding carboxylic acids is 1. The number of carboxylic acid groups (broad SMARTS) is 1. The molecule has 3 rings (SSSR count). The summed E-state index contributed by atoms with van der Waals surface area (Å²) in [6.45, 7) is 0. The van der Waals surface area contributed by atoms with Gasteiger partial charge in [0.05, 0.1) is 18.2 Å². The number of carbonyl (C=O) groups is 2. The molecule has 6 heteroatoms. The van der Waals surface area contributed by atoms with Gasteiger partial charge in [0.1, 0.15) is 11.4 Å². The molecule has 1 aromatic heterocycles. The summed E-state index contributed by atoms with van der Waals surface area (Å²) in [5.41, 5.74) is -0.000448. The quantitative estimate of drug-likeness (QED) is 0.842. The van der Waals surface area contributed by atoms with Crippen LogP contribution in [0.3, 0.4) is 0 Å². The van der Waals surface area contributed by atoms with Gasteiger partial charge in [0, 0.05) is 0 Å². The highest BCUT2D eigenvalue weighted by molar-refractivity contribution is 5.94. The Morgan fingerprint density at radius 2 is 2.11 bits per heavy atom. The number of fused-ring (bicyclic) bond motifs is 2. The van der Waals surface area contributed by atoms with Crippen LogP contribution in [0.1, 0.15) is 40.2 Å². The Kier molecular flexibility index (Phi) is 2.94. The molecule has 0 saturated carbocycles. The lowest BCUT2D eigenvalue weighted by Gasteiger charge is -2.19. The Morgan fingerprint density at radius 3 is 2.74 bits per heavy atom. The lowest BCUT2D eigenvalue weighted by Crippen LogP contribution is -2.41. The van der Waals surface area contributed by atoms with E-state index in [2.05, 4.69) is 10.3 Å². The van der Waals surface area contributed by atoms with Gasteiger partial charge in [-0.25, -0.2) is 9.78 Å². The van der Waals surface area contributed by atoms with Gasteiger partial charge in [-0.05, 0) is 31.4 Å². The average molecular weight is 262 g/mol. The number of nitrogens with zero attached hydrogens (tertiary/aromatic N) is 1. The molecule has 19 heavy (non-hydrogen) atoms. The predicted molar refractivity (Wildman–Crippen MR) is 65.0 cm³/mol. The first-order valence-corrected chi connectivity index (χ1v) is 6.30. The van der Waals surface area contributed by atoms with Crippen molar-refractivity contribution in [1.82, 2.24) is 10.3 Å². The van der Waals surface area contributed by atoms with Crippen molar-refractivity contribution in [2.24, 2.45) is 0 Å². The lowest BCUT2D eigenvalue weighted by molar-refractivity contribution is 0.0690. The summed E-state index contributed by atoms with van der Waals surface area (Å²) < 4.78 is 5.65. The number of rotatable bonds is 3. The highest BCUT2D eigenvalue weighted by atomic mass is 16.5. The number of hydrogen-bond acceptors (Lipinski definition) is 4. The zero-order chi connectivity index (χ0) is 13.4. The van der Waals surface area contributed by atoms with Crippen molar-refractivity contribution >= 4 is 11.9 Å². The van der Waals surface area contributed by atoms with Crippen molar-refractivity contribution in [2.45, 2.75) is 37.5 Å². The van der Waals surface area contributed by atoms with E-state index in [9.17, 15) is 9.59 Å². The van der Waals surface area contributed by atoms with E-state index < -0.39 is 5.97 Å². The van der Waals surface area contributed by atoms with Gasteiger partial charge in [0.2, 0.25) is 0 Å². The van der Waals surface area contributed by atoms with Gasteiger partial charge < -0.3 is 15.2 Å². The van der Waals surface area contributed by atoms with E-state index in [-0.39, 0.29) is 35.5 Å². The molecule has 3 atom stereocenters. The zero-order valence-electron chi connectivity index (χ0n) is 10.2. The third-order valence-corrected chi connectivity index (χ3v) is 3.62. The minimum absolute atomic E-state index is 0.0153. The van der Waals surface area contributed by atoms with Gasteiger partial charge in [-0.2, -0.15) is 0 Å². The molecule has 2 saturated heterocycles. The highest BCUT2D eigenvalue weighted by Gasteiger charge is 2.41. The predicted octanol–water partition coefficient (Wildman–Crippen LogP) is 0.829. The SMILES string of the molecule is O=C(O)c1cccc(C(=O)NC2CC3CCC2O3)n1. The molecule has 0 aliphatic carbocycles. The summed E-state index contributed by atoms with van der Waals surface area (Å²) in [5.74, 6) is -1.48. The number of pyridine rings is 1. The van der Waals surface area contributed by atoms with Gasteiger partial charge in [-0.1, -0.05) is 6.07 Å². The summed E-state index contributed by atoms with van der Waals surface area (Å²) in [6.07, 6.45) is 3.21. The molecule has 0 radical (unpaired) electrons. The standard InChI is InChI=1S/C13H14N2O4/c16-12(8-2-1-3-9(14-8)13(17)18)15-10-6-7-4-5-11(10)19-7/h1-3,7,10-11H,4-6H2,(H,15,16)(H,17,18). The first-order valence-electron chi connectivity index (χ1n) is 6.30. The normalized spacial score (nSPS) is 28.3. The van der Waals surface area contributed by atoms with E-state index >= 15 is 0 Å². The van der Waals surface area contributed by atoms with Crippen LogP contribution in [0.2, 0.25) is 0 Å². The van der Waals surface area contributed by atoms with Crippen LogP contribution < -0.4 is 5.32 Å². The molecule has 2 aliphatic rings. The number of nitrogens with one attached hydrogen (secondary N) is 1. The van der Waals surface area contributed by atoms with Gasteiger partial charge in [0.15, 0.2) is 0 Å². The second kappa shape index (κ2) is 4.62. The summed E-state index contributed by atoms with van der Waals surface area (Å²) >= 11 is 0. The van der Waals surface area contributed by atoms with Crippen LogP contribution in [0, 0.1) is 0 Å². The second-order valence-corrected chi connectivity index (χ2v) is 4.90. The molecule has 0 aromatic carbocycles. The smallest absolute Gasteiger partial charge is 0.354 e. The molecule has 3 unspecified atom stereocenters. The lowest BCUT2D eigenvalue weighted by atomic mass is 9.95. The van der Waals surface area contributed by atoms with Crippen LogP contribution in [-0.4, -0.2) is 40.2 Å². The number of aromatic carboxylic acids is 1. The molecule has 0 spiro atoms. The van der Waals surface area contributed by atoms with Gasteiger partial charge in [-0.15, -0.1) is 0 Å². The first-order chi connectivity index (χ1) is 9.13. The van der Waals surface area contributed by atoms with Gasteiger partial charge >= 0.3 is 5.97 Å². The molecule has 6 nitrogen and oxygen atoms in total. The third kappa shape index (κ3) is 2.31. The van der Waals surface area contributed by atoms with E-state index in [1.807, 2.05) is 0 Å². The van der Waals surface area contributed by atoms with Crippen molar-refractivity contribution < 1.29 is 19.4 Å². The number of aromatic nitrogens is 1. The summed E-state index contributed by atoms with van der Waals surface area (Å²) in [7, 11) is 0. The largest absolute Gasteiger partial charge is 0.477 e. The molecule has 2 fully saturated rings. The van der Waals surface area contributed by atoms with Crippen LogP contribution in [0.25, 0.3) is 0 Å². The van der Waals surface area contributed by atoms with E-state index in [4.69, 9.17) is 9.84 Å². The van der Waals surface area contributed by atoms with Gasteiger partial charge in [0.25, 0.3) is 5.91 Å². The molecule has 100 valence electrons. The van der Waals surface area contributed by atoms with Crippen molar-refractivity contribution in [3.05, 3.63) is 29.6 Å². The highest BCUT2D eigenvalue weighted by Crippen LogP contribution is 2.34. The molecular weight excluding hydrogens is 248 g/mol. The van der Waals surface area contributed by atoms with Crippen molar-refractivity contribution in [1.29, 1.82) is 0 Å². The maximum Gasteiger partial charge on any atom is 0.354 e. The maximum atomic E-state index is 12.0. The minimum atomic E-state index is -1.14. The fourth-order valence-electron chi connectivity index (χ4n) is 2.71. The second-order valence-electron chi connectivity index (χ2n) is 4.90. The average Bonchev–Trinajstić information content (AvgIpc) is 3.01. The summed E-state index contributed by atoms with van der Waals surface area (Å²) in [5, 5.41) is 11.7. The zero-order valence-corrected chi connectivity index (χ0v) is 10.2. The van der Waals surface area contributed by atoms with Crippen LogP contribution in [0.4, 0.5) is 0 Å². The number of hydrogen-bond donors (Lipinski definition) is 2. The monoisotopic (exact) mass is 262 g/mol. The van der Waals surface area contributed by atoms with Crippen LogP contribution >= 0.6 is 0 Å². The molecule has 2 aliphatic heterocycles. The summed E-state index contributed by atoms with van der Waals surface area (Å²) in [6, 6.07) is 4.40. The Hall–Kier alpha value is -1.95. The topological polar surface area (TPSA) is 88.5 Å². The summed E-state index contributed by atoms with van der Waals surface area (Å²) in [4.78, 5) is 26.7. The van der Waals surface area contributed by atoms with Crippen LogP contribution in [0.5, 0.6) is 0 Å². The van der Waals surface area contributed by atoms with Crippen LogP contribution in [-0.2, 0) is 4.74 Å². The van der Waals surface area contributed by atoms with Crippen LogP contribution in [0.15, 0.2) is 18.2 Å². The van der Waals surface area contributed by atoms with Gasteiger partial charge in [-0.3, -0.25) is 4.79 Å². The third-order valence-electron chi connectivity index (χ3n) is 3.62. The maximum absolute atomic E-state index is 12.0. The molecule has 1 aromatic rings. The molecule has 2 N–H and O–H groups in total. The molecule has 2 bridgehead atoms. The number of ether oxygens (including phenoxy) is 1. The number of amides is 1. The van der Waals surface area contributed by atoms with E-state index in [0.29, 0.717) is 0 Å². The fourth-order valence-corrected chi connectivity index (χ4v) is 2.71. The Morgan fingerprint density at radius 1 is 1.32 bits per heavy atom. The molecule has 1 amide bonds. The number of carboxylic acids is 1. The van der Waals surface area contributed by atoms with E-state index in [1.165, 1.54) is 18.2 Å². The van der Waals surface area contributed by atoms with Crippen molar-refractivity contribution in [3.8, 4) is 0 Å². The molecular formula is C13H14N2O4. The van der Waals surface area contributed by atoms with Crippen molar-refractivity contribution in [3.63, 3.8) is 0 Å². The Bertz CT molecular complexity index is 531. The molecule has 3 heterocycles.